The molecule has 0 unspecified atom stereocenters. The molecule has 234 valence electrons. The number of rotatable bonds is 10. The van der Waals surface area contributed by atoms with Gasteiger partial charge < -0.3 is 28.7 Å². The van der Waals surface area contributed by atoms with Crippen LogP contribution in [0.25, 0.3) is 5.57 Å². The highest BCUT2D eigenvalue weighted by Gasteiger charge is 2.31. The predicted octanol–water partition coefficient (Wildman–Crippen LogP) is 5.94. The molecule has 0 aliphatic carbocycles. The zero-order chi connectivity index (χ0) is 31.9. The van der Waals surface area contributed by atoms with Crippen LogP contribution in [0.3, 0.4) is 0 Å². The molecule has 0 N–H and O–H groups in total. The van der Waals surface area contributed by atoms with E-state index >= 15 is 0 Å². The van der Waals surface area contributed by atoms with Gasteiger partial charge in [-0.15, -0.1) is 0 Å². The fourth-order valence-corrected chi connectivity index (χ4v) is 4.90. The molecule has 0 bridgehead atoms. The quantitative estimate of drug-likeness (QED) is 0.264. The summed E-state index contributed by atoms with van der Waals surface area (Å²) in [7, 11) is 4.40. The molecular weight excluding hydrogens is 577 g/mol. The molecule has 0 spiro atoms. The third-order valence-electron chi connectivity index (χ3n) is 7.18. The second kappa shape index (κ2) is 14.2. The standard InChI is InChI=1S/C33H35F3N2O6/c1-5-16-44-26-11-7-9-23(18-26)27(22-8-6-10-25(17-22)33(34,35)36)21-30(39)37-12-14-38(15-13-37)32(40)24-19-28(41-2)31(43-4)29(20-24)42-3/h6-11,17-21H,5,12-16H2,1-4H3/b27-21-. The normalized spacial score (nSPS) is 13.8. The Kier molecular flexibility index (Phi) is 10.4. The molecule has 44 heavy (non-hydrogen) atoms. The lowest BCUT2D eigenvalue weighted by Crippen LogP contribution is -2.50. The van der Waals surface area contributed by atoms with E-state index in [9.17, 15) is 22.8 Å². The van der Waals surface area contributed by atoms with E-state index in [0.717, 1.165) is 18.6 Å². The average molecular weight is 613 g/mol. The summed E-state index contributed by atoms with van der Waals surface area (Å²) in [6, 6.07) is 15.0. The van der Waals surface area contributed by atoms with Gasteiger partial charge >= 0.3 is 6.18 Å². The van der Waals surface area contributed by atoms with Crippen LogP contribution in [-0.4, -0.2) is 75.7 Å². The highest BCUT2D eigenvalue weighted by Crippen LogP contribution is 2.38. The molecule has 0 aromatic heterocycles. The van der Waals surface area contributed by atoms with E-state index in [1.165, 1.54) is 33.5 Å². The van der Waals surface area contributed by atoms with Crippen molar-refractivity contribution in [1.82, 2.24) is 9.80 Å². The van der Waals surface area contributed by atoms with Gasteiger partial charge in [-0.25, -0.2) is 0 Å². The molecule has 3 aromatic rings. The van der Waals surface area contributed by atoms with Crippen molar-refractivity contribution in [3.63, 3.8) is 0 Å². The van der Waals surface area contributed by atoms with Gasteiger partial charge in [0.1, 0.15) is 5.75 Å². The van der Waals surface area contributed by atoms with Crippen molar-refractivity contribution in [2.75, 3.05) is 54.1 Å². The smallest absolute Gasteiger partial charge is 0.416 e. The maximum atomic E-state index is 13.6. The van der Waals surface area contributed by atoms with Crippen molar-refractivity contribution in [3.05, 3.63) is 89.0 Å². The lowest BCUT2D eigenvalue weighted by Gasteiger charge is -2.34. The number of hydrogen-bond acceptors (Lipinski definition) is 6. The fraction of sp³-hybridized carbons (Fsp3) is 0.333. The van der Waals surface area contributed by atoms with Gasteiger partial charge in [0.2, 0.25) is 11.7 Å². The van der Waals surface area contributed by atoms with Crippen LogP contribution in [0.1, 0.15) is 40.4 Å². The number of halogens is 3. The molecule has 8 nitrogen and oxygen atoms in total. The summed E-state index contributed by atoms with van der Waals surface area (Å²) in [4.78, 5) is 30.1. The van der Waals surface area contributed by atoms with Crippen LogP contribution in [0.4, 0.5) is 13.2 Å². The van der Waals surface area contributed by atoms with Gasteiger partial charge in [0.25, 0.3) is 5.91 Å². The number of hydrogen-bond donors (Lipinski definition) is 0. The van der Waals surface area contributed by atoms with Crippen LogP contribution in [0.5, 0.6) is 23.0 Å². The molecule has 1 saturated heterocycles. The fourth-order valence-electron chi connectivity index (χ4n) is 4.90. The van der Waals surface area contributed by atoms with Gasteiger partial charge in [0.15, 0.2) is 11.5 Å². The molecule has 1 fully saturated rings. The van der Waals surface area contributed by atoms with Crippen LogP contribution < -0.4 is 18.9 Å². The maximum Gasteiger partial charge on any atom is 0.416 e. The lowest BCUT2D eigenvalue weighted by molar-refractivity contribution is -0.137. The third kappa shape index (κ3) is 7.45. The molecular formula is C33H35F3N2O6. The van der Waals surface area contributed by atoms with E-state index in [4.69, 9.17) is 18.9 Å². The zero-order valence-electron chi connectivity index (χ0n) is 25.1. The SMILES string of the molecule is CCCOc1cccc(/C(=C\C(=O)N2CCN(C(=O)c3cc(OC)c(OC)c(OC)c3)CC2)c2cccc(C(F)(F)F)c2)c1. The number of carbonyl (C=O) groups excluding carboxylic acids is 2. The number of carbonyl (C=O) groups is 2. The van der Waals surface area contributed by atoms with Gasteiger partial charge in [0, 0.05) is 37.8 Å². The Morgan fingerprint density at radius 1 is 0.795 bits per heavy atom. The van der Waals surface area contributed by atoms with Crippen molar-refractivity contribution in [1.29, 1.82) is 0 Å². The van der Waals surface area contributed by atoms with Crippen molar-refractivity contribution < 1.29 is 41.7 Å². The largest absolute Gasteiger partial charge is 0.494 e. The highest BCUT2D eigenvalue weighted by atomic mass is 19.4. The summed E-state index contributed by atoms with van der Waals surface area (Å²) in [5.41, 5.74) is 0.653. The predicted molar refractivity (Wildman–Crippen MR) is 159 cm³/mol. The molecule has 0 radical (unpaired) electrons. The molecule has 1 heterocycles. The van der Waals surface area contributed by atoms with Gasteiger partial charge in [-0.3, -0.25) is 9.59 Å². The van der Waals surface area contributed by atoms with E-state index in [1.807, 2.05) is 6.92 Å². The number of ether oxygens (including phenoxy) is 4. The van der Waals surface area contributed by atoms with E-state index < -0.39 is 11.7 Å². The first-order valence-electron chi connectivity index (χ1n) is 14.1. The van der Waals surface area contributed by atoms with E-state index in [-0.39, 0.29) is 43.6 Å². The number of methoxy groups -OCH3 is 3. The number of nitrogens with zero attached hydrogens (tertiary/aromatic N) is 2. The van der Waals surface area contributed by atoms with Crippen LogP contribution >= 0.6 is 0 Å². The Hall–Kier alpha value is -4.67. The summed E-state index contributed by atoms with van der Waals surface area (Å²) in [5.74, 6) is 0.972. The molecule has 11 heteroatoms. The summed E-state index contributed by atoms with van der Waals surface area (Å²) < 4.78 is 62.5. The van der Waals surface area contributed by atoms with E-state index in [1.54, 1.807) is 52.3 Å². The number of alkyl halides is 3. The van der Waals surface area contributed by atoms with Crippen LogP contribution in [-0.2, 0) is 11.0 Å². The van der Waals surface area contributed by atoms with E-state index in [2.05, 4.69) is 0 Å². The number of piperazine rings is 1. The first-order valence-corrected chi connectivity index (χ1v) is 14.1. The van der Waals surface area contributed by atoms with Crippen LogP contribution in [0, 0.1) is 0 Å². The Balaban J connectivity index is 1.58. The molecule has 3 aromatic carbocycles. The van der Waals surface area contributed by atoms with Crippen LogP contribution in [0.2, 0.25) is 0 Å². The van der Waals surface area contributed by atoms with Gasteiger partial charge in [-0.1, -0.05) is 31.2 Å². The Morgan fingerprint density at radius 2 is 1.39 bits per heavy atom. The minimum atomic E-state index is -4.54. The third-order valence-corrected chi connectivity index (χ3v) is 7.18. The Bertz CT molecular complexity index is 1490. The second-order valence-corrected chi connectivity index (χ2v) is 10.0. The minimum Gasteiger partial charge on any atom is -0.494 e. The van der Waals surface area contributed by atoms with Crippen molar-refractivity contribution in [2.24, 2.45) is 0 Å². The topological polar surface area (TPSA) is 77.5 Å². The molecule has 1 aliphatic heterocycles. The first kappa shape index (κ1) is 32.2. The molecule has 2 amide bonds. The second-order valence-electron chi connectivity index (χ2n) is 10.0. The minimum absolute atomic E-state index is 0.237. The van der Waals surface area contributed by atoms with Crippen molar-refractivity contribution in [2.45, 2.75) is 19.5 Å². The summed E-state index contributed by atoms with van der Waals surface area (Å²) >= 11 is 0. The summed E-state index contributed by atoms with van der Waals surface area (Å²) in [6.45, 7) is 3.43. The van der Waals surface area contributed by atoms with Crippen LogP contribution in [0.15, 0.2) is 66.7 Å². The summed E-state index contributed by atoms with van der Waals surface area (Å²) in [6.07, 6.45) is -2.41. The first-order chi connectivity index (χ1) is 21.1. The van der Waals surface area contributed by atoms with Crippen molar-refractivity contribution in [3.8, 4) is 23.0 Å². The van der Waals surface area contributed by atoms with Crippen molar-refractivity contribution >= 4 is 17.4 Å². The Morgan fingerprint density at radius 3 is 1.95 bits per heavy atom. The Labute approximate surface area is 254 Å². The molecule has 4 rings (SSSR count). The highest BCUT2D eigenvalue weighted by molar-refractivity contribution is 6.00. The monoisotopic (exact) mass is 612 g/mol. The lowest BCUT2D eigenvalue weighted by atomic mass is 9.95. The summed E-state index contributed by atoms with van der Waals surface area (Å²) in [5, 5.41) is 0. The van der Waals surface area contributed by atoms with E-state index in [0.29, 0.717) is 46.3 Å². The zero-order valence-corrected chi connectivity index (χ0v) is 25.1. The van der Waals surface area contributed by atoms with Gasteiger partial charge in [-0.05, 0) is 59.5 Å². The number of benzene rings is 3. The molecule has 0 saturated carbocycles. The molecule has 1 aliphatic rings. The average Bonchev–Trinajstić information content (AvgIpc) is 3.04. The van der Waals surface area contributed by atoms with Gasteiger partial charge in [0.05, 0.1) is 33.5 Å². The molecule has 0 atom stereocenters. The number of amides is 2. The van der Waals surface area contributed by atoms with Gasteiger partial charge in [-0.2, -0.15) is 13.2 Å². The maximum absolute atomic E-state index is 13.6.